The normalized spacial score (nSPS) is 17.1. The SMILES string of the molecule is O=C(CCC1CNc2ccccc21)NCCCOc1ccc(N2C(=O)/C(=C/c3ccc([N+](=O)[O-])s3)SC2=S)cc1. The summed E-state index contributed by atoms with van der Waals surface area (Å²) in [6.45, 7) is 1.85. The van der Waals surface area contributed by atoms with E-state index in [2.05, 4.69) is 22.8 Å². The predicted molar refractivity (Wildman–Crippen MR) is 163 cm³/mol. The lowest BCUT2D eigenvalue weighted by molar-refractivity contribution is -0.380. The lowest BCUT2D eigenvalue weighted by atomic mass is 9.96. The van der Waals surface area contributed by atoms with Gasteiger partial charge >= 0.3 is 5.00 Å². The number of hydrogen-bond acceptors (Lipinski definition) is 9. The molecule has 206 valence electrons. The van der Waals surface area contributed by atoms with Gasteiger partial charge in [-0.3, -0.25) is 24.6 Å². The fourth-order valence-electron chi connectivity index (χ4n) is 4.53. The minimum absolute atomic E-state index is 0.0169. The Bertz CT molecular complexity index is 1470. The predicted octanol–water partition coefficient (Wildman–Crippen LogP) is 5.94. The van der Waals surface area contributed by atoms with E-state index in [9.17, 15) is 19.7 Å². The van der Waals surface area contributed by atoms with Gasteiger partial charge in [0.25, 0.3) is 5.91 Å². The van der Waals surface area contributed by atoms with Crippen molar-refractivity contribution < 1.29 is 19.2 Å². The summed E-state index contributed by atoms with van der Waals surface area (Å²) in [6, 6.07) is 18.3. The maximum absolute atomic E-state index is 13.0. The van der Waals surface area contributed by atoms with Crippen molar-refractivity contribution in [3.8, 4) is 5.75 Å². The molecule has 1 saturated heterocycles. The highest BCUT2D eigenvalue weighted by molar-refractivity contribution is 8.27. The molecular weight excluding hydrogens is 569 g/mol. The van der Waals surface area contributed by atoms with Gasteiger partial charge in [-0.2, -0.15) is 0 Å². The third-order valence-corrected chi connectivity index (χ3v) is 8.81. The molecule has 5 rings (SSSR count). The zero-order valence-electron chi connectivity index (χ0n) is 21.3. The number of thiophene rings is 1. The number of carbonyl (C=O) groups is 2. The summed E-state index contributed by atoms with van der Waals surface area (Å²) in [5.74, 6) is 0.784. The minimum Gasteiger partial charge on any atom is -0.494 e. The van der Waals surface area contributed by atoms with Crippen molar-refractivity contribution in [3.63, 3.8) is 0 Å². The van der Waals surface area contributed by atoms with Gasteiger partial charge in [0, 0.05) is 42.1 Å². The van der Waals surface area contributed by atoms with Gasteiger partial charge in [0.1, 0.15) is 5.75 Å². The van der Waals surface area contributed by atoms with Crippen LogP contribution < -0.4 is 20.3 Å². The number of nitro groups is 1. The van der Waals surface area contributed by atoms with Crippen LogP contribution in [0.5, 0.6) is 5.75 Å². The first kappa shape index (κ1) is 27.8. The van der Waals surface area contributed by atoms with Gasteiger partial charge in [-0.1, -0.05) is 53.5 Å². The number of carbonyl (C=O) groups excluding carboxylic acids is 2. The molecule has 0 spiro atoms. The number of para-hydroxylation sites is 1. The Morgan fingerprint density at radius 1 is 1.20 bits per heavy atom. The van der Waals surface area contributed by atoms with E-state index in [1.54, 1.807) is 36.4 Å². The molecule has 2 aromatic carbocycles. The van der Waals surface area contributed by atoms with E-state index in [4.69, 9.17) is 17.0 Å². The summed E-state index contributed by atoms with van der Waals surface area (Å²) in [6.07, 6.45) is 3.59. The standard InChI is InChI=1S/C28H26N4O5S3/c33-25(12-6-18-17-30-23-5-2-1-4-22(18)23)29-14-3-15-37-20-9-7-19(8-10-20)31-27(34)24(40-28(31)38)16-21-11-13-26(39-21)32(35)36/h1-2,4-5,7-11,13,16,18,30H,3,6,12,14-15,17H2,(H,29,33)/b24-16-. The van der Waals surface area contributed by atoms with Crippen molar-refractivity contribution in [3.05, 3.63) is 86.1 Å². The van der Waals surface area contributed by atoms with Gasteiger partial charge in [0.15, 0.2) is 4.32 Å². The first-order chi connectivity index (χ1) is 19.4. The van der Waals surface area contributed by atoms with Gasteiger partial charge in [-0.05, 0) is 60.9 Å². The number of nitrogens with one attached hydrogen (secondary N) is 2. The molecule has 40 heavy (non-hydrogen) atoms. The smallest absolute Gasteiger partial charge is 0.324 e. The van der Waals surface area contributed by atoms with E-state index < -0.39 is 4.92 Å². The van der Waals surface area contributed by atoms with Crippen molar-refractivity contribution in [1.29, 1.82) is 0 Å². The second-order valence-corrected chi connectivity index (χ2v) is 12.0. The van der Waals surface area contributed by atoms with Crippen LogP contribution in [0.4, 0.5) is 16.4 Å². The number of thioether (sulfide) groups is 1. The Hall–Kier alpha value is -3.74. The summed E-state index contributed by atoms with van der Waals surface area (Å²) >= 11 is 7.58. The lowest BCUT2D eigenvalue weighted by Crippen LogP contribution is -2.27. The maximum Gasteiger partial charge on any atom is 0.324 e. The number of fused-ring (bicyclic) bond motifs is 1. The molecular formula is C28H26N4O5S3. The molecule has 2 amide bonds. The van der Waals surface area contributed by atoms with Crippen LogP contribution in [0.25, 0.3) is 6.08 Å². The Labute approximate surface area is 244 Å². The minimum atomic E-state index is -0.456. The zero-order chi connectivity index (χ0) is 28.1. The van der Waals surface area contributed by atoms with Crippen LogP contribution >= 0.6 is 35.3 Å². The Morgan fingerprint density at radius 2 is 2.00 bits per heavy atom. The summed E-state index contributed by atoms with van der Waals surface area (Å²) in [5.41, 5.74) is 3.06. The molecule has 0 radical (unpaired) electrons. The van der Waals surface area contributed by atoms with E-state index in [0.29, 0.717) is 57.5 Å². The molecule has 0 saturated carbocycles. The first-order valence-corrected chi connectivity index (χ1v) is 14.8. The van der Waals surface area contributed by atoms with E-state index in [0.717, 1.165) is 41.8 Å². The number of thiocarbonyl (C=S) groups is 1. The maximum atomic E-state index is 13.0. The summed E-state index contributed by atoms with van der Waals surface area (Å²) in [5, 5.41) is 17.3. The van der Waals surface area contributed by atoms with Gasteiger partial charge in [-0.25, -0.2) is 0 Å². The summed E-state index contributed by atoms with van der Waals surface area (Å²) in [7, 11) is 0. The second-order valence-electron chi connectivity index (χ2n) is 9.20. The van der Waals surface area contributed by atoms with Crippen molar-refractivity contribution in [1.82, 2.24) is 5.32 Å². The number of benzene rings is 2. The third-order valence-electron chi connectivity index (χ3n) is 6.53. The molecule has 2 N–H and O–H groups in total. The van der Waals surface area contributed by atoms with Crippen LogP contribution in [0.3, 0.4) is 0 Å². The molecule has 1 aromatic heterocycles. The molecule has 1 fully saturated rings. The number of ether oxygens (including phenoxy) is 1. The van der Waals surface area contributed by atoms with Crippen LogP contribution in [0.1, 0.15) is 35.6 Å². The molecule has 3 heterocycles. The monoisotopic (exact) mass is 594 g/mol. The molecule has 0 bridgehead atoms. The average molecular weight is 595 g/mol. The van der Waals surface area contributed by atoms with E-state index in [-0.39, 0.29) is 16.8 Å². The van der Waals surface area contributed by atoms with Crippen LogP contribution in [-0.4, -0.2) is 40.8 Å². The molecule has 2 aliphatic rings. The van der Waals surface area contributed by atoms with Gasteiger partial charge in [0.05, 0.1) is 22.1 Å². The molecule has 3 aromatic rings. The lowest BCUT2D eigenvalue weighted by Gasteiger charge is -2.15. The molecule has 9 nitrogen and oxygen atoms in total. The zero-order valence-corrected chi connectivity index (χ0v) is 23.8. The third kappa shape index (κ3) is 6.52. The molecule has 1 atom stereocenters. The van der Waals surface area contributed by atoms with Crippen molar-refractivity contribution >= 4 is 73.9 Å². The van der Waals surface area contributed by atoms with Crippen LogP contribution in [0, 0.1) is 10.1 Å². The Kier molecular flexibility index (Phi) is 8.78. The molecule has 2 aliphatic heterocycles. The molecule has 0 aliphatic carbocycles. The summed E-state index contributed by atoms with van der Waals surface area (Å²) < 4.78 is 6.18. The fraction of sp³-hybridized carbons (Fsp3) is 0.250. The van der Waals surface area contributed by atoms with Crippen LogP contribution in [0.15, 0.2) is 65.6 Å². The van der Waals surface area contributed by atoms with Gasteiger partial charge in [-0.15, -0.1) is 0 Å². The molecule has 1 unspecified atom stereocenters. The van der Waals surface area contributed by atoms with Gasteiger partial charge < -0.3 is 15.4 Å². The highest BCUT2D eigenvalue weighted by Crippen LogP contribution is 2.38. The largest absolute Gasteiger partial charge is 0.494 e. The quantitative estimate of drug-likeness (QED) is 0.0923. The Morgan fingerprint density at radius 3 is 2.77 bits per heavy atom. The first-order valence-electron chi connectivity index (χ1n) is 12.7. The van der Waals surface area contributed by atoms with Crippen LogP contribution in [0.2, 0.25) is 0 Å². The number of anilines is 2. The number of hydrogen-bond donors (Lipinski definition) is 2. The van der Waals surface area contributed by atoms with Crippen molar-refractivity contribution in [2.75, 3.05) is 29.9 Å². The van der Waals surface area contributed by atoms with E-state index in [1.165, 1.54) is 16.5 Å². The topological polar surface area (TPSA) is 114 Å². The van der Waals surface area contributed by atoms with E-state index >= 15 is 0 Å². The van der Waals surface area contributed by atoms with Gasteiger partial charge in [0.2, 0.25) is 5.91 Å². The summed E-state index contributed by atoms with van der Waals surface area (Å²) in [4.78, 5) is 38.2. The van der Waals surface area contributed by atoms with Crippen molar-refractivity contribution in [2.24, 2.45) is 0 Å². The molecule has 12 heteroatoms. The Balaban J connectivity index is 1.04. The number of amides is 2. The average Bonchev–Trinajstić information content (AvgIpc) is 3.66. The van der Waals surface area contributed by atoms with E-state index in [1.807, 2.05) is 12.1 Å². The second kappa shape index (κ2) is 12.6. The fourth-order valence-corrected chi connectivity index (χ4v) is 6.66. The highest BCUT2D eigenvalue weighted by atomic mass is 32.2. The van der Waals surface area contributed by atoms with Crippen LogP contribution in [-0.2, 0) is 9.59 Å². The van der Waals surface area contributed by atoms with Crippen molar-refractivity contribution in [2.45, 2.75) is 25.2 Å². The number of nitrogens with zero attached hydrogens (tertiary/aromatic N) is 2. The highest BCUT2D eigenvalue weighted by Gasteiger charge is 2.33. The number of rotatable bonds is 11.